The maximum Gasteiger partial charge on any atom is 0.225 e. The molecule has 2 aromatic heterocycles. The standard InChI is InChI=1S/C20H30N6/c1-12-8-16(21-7)26-18(23-12)25-15-10-20(5,6)9-14-13(15)11-22-17(24-14)19(2,3)4/h8,11,15H,9-10H2,1-7H3,(H2,21,23,25,26)/t15-/m0/s1. The fraction of sp³-hybridized carbons (Fsp3) is 0.600. The molecule has 0 unspecified atom stereocenters. The van der Waals surface area contributed by atoms with Crippen LogP contribution in [0.2, 0.25) is 0 Å². The van der Waals surface area contributed by atoms with Gasteiger partial charge < -0.3 is 10.6 Å². The number of aryl methyl sites for hydroxylation is 1. The van der Waals surface area contributed by atoms with E-state index in [2.05, 4.69) is 60.2 Å². The zero-order valence-electron chi connectivity index (χ0n) is 16.9. The smallest absolute Gasteiger partial charge is 0.225 e. The topological polar surface area (TPSA) is 75.6 Å². The third-order valence-corrected chi connectivity index (χ3v) is 4.76. The molecule has 0 spiro atoms. The number of hydrogen-bond donors (Lipinski definition) is 2. The Hall–Kier alpha value is -2.24. The first-order valence-electron chi connectivity index (χ1n) is 9.24. The van der Waals surface area contributed by atoms with Crippen LogP contribution in [-0.4, -0.2) is 27.0 Å². The Labute approximate surface area is 156 Å². The molecular formula is C20H30N6. The summed E-state index contributed by atoms with van der Waals surface area (Å²) in [6.45, 7) is 13.0. The van der Waals surface area contributed by atoms with Crippen molar-refractivity contribution in [3.05, 3.63) is 35.0 Å². The molecule has 0 saturated heterocycles. The van der Waals surface area contributed by atoms with E-state index < -0.39 is 0 Å². The molecule has 6 heteroatoms. The van der Waals surface area contributed by atoms with Crippen LogP contribution in [0.5, 0.6) is 0 Å². The van der Waals surface area contributed by atoms with Crippen molar-refractivity contribution in [2.24, 2.45) is 5.41 Å². The lowest BCUT2D eigenvalue weighted by atomic mass is 9.74. The number of rotatable bonds is 3. The van der Waals surface area contributed by atoms with Gasteiger partial charge in [-0.2, -0.15) is 4.98 Å². The molecule has 0 fully saturated rings. The highest BCUT2D eigenvalue weighted by atomic mass is 15.2. The summed E-state index contributed by atoms with van der Waals surface area (Å²) in [5, 5.41) is 6.61. The van der Waals surface area contributed by atoms with E-state index in [9.17, 15) is 0 Å². The highest BCUT2D eigenvalue weighted by molar-refractivity contribution is 5.44. The van der Waals surface area contributed by atoms with E-state index in [1.54, 1.807) is 0 Å². The molecule has 1 aliphatic carbocycles. The van der Waals surface area contributed by atoms with Crippen LogP contribution in [0.1, 0.15) is 69.9 Å². The Morgan fingerprint density at radius 2 is 1.88 bits per heavy atom. The van der Waals surface area contributed by atoms with Gasteiger partial charge in [0.1, 0.15) is 11.6 Å². The van der Waals surface area contributed by atoms with Crippen molar-refractivity contribution in [3.8, 4) is 0 Å². The van der Waals surface area contributed by atoms with Crippen LogP contribution in [0.15, 0.2) is 12.3 Å². The quantitative estimate of drug-likeness (QED) is 0.866. The van der Waals surface area contributed by atoms with Crippen molar-refractivity contribution in [1.82, 2.24) is 19.9 Å². The molecule has 2 N–H and O–H groups in total. The molecule has 0 bridgehead atoms. The van der Waals surface area contributed by atoms with Crippen molar-refractivity contribution in [3.63, 3.8) is 0 Å². The lowest BCUT2D eigenvalue weighted by molar-refractivity contribution is 0.284. The first-order valence-corrected chi connectivity index (χ1v) is 9.24. The van der Waals surface area contributed by atoms with Crippen LogP contribution in [-0.2, 0) is 11.8 Å². The lowest BCUT2D eigenvalue weighted by Gasteiger charge is -2.37. The van der Waals surface area contributed by atoms with Gasteiger partial charge in [0.15, 0.2) is 0 Å². The number of fused-ring (bicyclic) bond motifs is 1. The minimum absolute atomic E-state index is 0.0547. The number of anilines is 2. The van der Waals surface area contributed by atoms with E-state index in [0.29, 0.717) is 5.95 Å². The van der Waals surface area contributed by atoms with Crippen LogP contribution in [0.4, 0.5) is 11.8 Å². The van der Waals surface area contributed by atoms with Gasteiger partial charge in [0.05, 0.1) is 6.04 Å². The summed E-state index contributed by atoms with van der Waals surface area (Å²) in [6, 6.07) is 2.04. The summed E-state index contributed by atoms with van der Waals surface area (Å²) in [7, 11) is 1.87. The second kappa shape index (κ2) is 6.49. The average Bonchev–Trinajstić information content (AvgIpc) is 2.51. The largest absolute Gasteiger partial charge is 0.373 e. The molecule has 0 saturated carbocycles. The number of nitrogens with zero attached hydrogens (tertiary/aromatic N) is 4. The highest BCUT2D eigenvalue weighted by Gasteiger charge is 2.35. The van der Waals surface area contributed by atoms with E-state index in [4.69, 9.17) is 4.98 Å². The van der Waals surface area contributed by atoms with Crippen LogP contribution in [0.25, 0.3) is 0 Å². The minimum Gasteiger partial charge on any atom is -0.373 e. The van der Waals surface area contributed by atoms with Crippen molar-refractivity contribution < 1.29 is 0 Å². The third-order valence-electron chi connectivity index (χ3n) is 4.76. The van der Waals surface area contributed by atoms with Gasteiger partial charge >= 0.3 is 0 Å². The maximum atomic E-state index is 4.92. The first kappa shape index (κ1) is 18.5. The van der Waals surface area contributed by atoms with Crippen molar-refractivity contribution in [1.29, 1.82) is 0 Å². The summed E-state index contributed by atoms with van der Waals surface area (Å²) in [4.78, 5) is 18.7. The van der Waals surface area contributed by atoms with Gasteiger partial charge in [-0.15, -0.1) is 0 Å². The number of hydrogen-bond acceptors (Lipinski definition) is 6. The maximum absolute atomic E-state index is 4.92. The Morgan fingerprint density at radius 1 is 1.15 bits per heavy atom. The Kier molecular flexibility index (Phi) is 4.63. The Bertz CT molecular complexity index is 806. The van der Waals surface area contributed by atoms with E-state index in [-0.39, 0.29) is 16.9 Å². The van der Waals surface area contributed by atoms with Crippen LogP contribution in [0.3, 0.4) is 0 Å². The minimum atomic E-state index is -0.0547. The number of aromatic nitrogens is 4. The molecule has 26 heavy (non-hydrogen) atoms. The molecule has 0 aromatic carbocycles. The molecule has 3 rings (SSSR count). The molecule has 2 heterocycles. The predicted octanol–water partition coefficient (Wildman–Crippen LogP) is 4.04. The summed E-state index contributed by atoms with van der Waals surface area (Å²) in [5.74, 6) is 2.36. The van der Waals surface area contributed by atoms with Crippen molar-refractivity contribution in [2.45, 2.75) is 65.8 Å². The molecule has 0 aliphatic heterocycles. The predicted molar refractivity (Wildman–Crippen MR) is 106 cm³/mol. The Morgan fingerprint density at radius 3 is 2.54 bits per heavy atom. The average molecular weight is 355 g/mol. The van der Waals surface area contributed by atoms with Gasteiger partial charge in [-0.05, 0) is 25.2 Å². The van der Waals surface area contributed by atoms with Crippen LogP contribution < -0.4 is 10.6 Å². The van der Waals surface area contributed by atoms with Gasteiger partial charge in [-0.1, -0.05) is 34.6 Å². The Balaban J connectivity index is 1.97. The normalized spacial score (nSPS) is 19.0. The van der Waals surface area contributed by atoms with E-state index >= 15 is 0 Å². The van der Waals surface area contributed by atoms with Gasteiger partial charge in [0.2, 0.25) is 5.95 Å². The summed E-state index contributed by atoms with van der Waals surface area (Å²) in [6.07, 6.45) is 3.94. The monoisotopic (exact) mass is 354 g/mol. The van der Waals surface area contributed by atoms with Crippen molar-refractivity contribution in [2.75, 3.05) is 17.7 Å². The summed E-state index contributed by atoms with van der Waals surface area (Å²) >= 11 is 0. The molecule has 6 nitrogen and oxygen atoms in total. The zero-order chi connectivity index (χ0) is 19.1. The lowest BCUT2D eigenvalue weighted by Crippen LogP contribution is -2.32. The molecule has 1 aliphatic rings. The molecule has 140 valence electrons. The molecule has 1 atom stereocenters. The summed E-state index contributed by atoms with van der Waals surface area (Å²) in [5.41, 5.74) is 3.33. The molecule has 0 amide bonds. The molecule has 2 aromatic rings. The second-order valence-corrected chi connectivity index (χ2v) is 9.06. The summed E-state index contributed by atoms with van der Waals surface area (Å²) < 4.78 is 0. The fourth-order valence-electron chi connectivity index (χ4n) is 3.45. The third kappa shape index (κ3) is 3.94. The highest BCUT2D eigenvalue weighted by Crippen LogP contribution is 2.41. The molecule has 0 radical (unpaired) electrons. The van der Waals surface area contributed by atoms with Crippen molar-refractivity contribution >= 4 is 11.8 Å². The van der Waals surface area contributed by atoms with E-state index in [1.807, 2.05) is 26.2 Å². The fourth-order valence-corrected chi connectivity index (χ4v) is 3.45. The second-order valence-electron chi connectivity index (χ2n) is 9.06. The van der Waals surface area contributed by atoms with Gasteiger partial charge in [-0.25, -0.2) is 15.0 Å². The van der Waals surface area contributed by atoms with Gasteiger partial charge in [0, 0.05) is 41.7 Å². The van der Waals surface area contributed by atoms with Gasteiger partial charge in [0.25, 0.3) is 0 Å². The molecular weight excluding hydrogens is 324 g/mol. The van der Waals surface area contributed by atoms with Crippen LogP contribution in [0, 0.1) is 12.3 Å². The van der Waals surface area contributed by atoms with E-state index in [1.165, 1.54) is 0 Å². The van der Waals surface area contributed by atoms with Crippen LogP contribution >= 0.6 is 0 Å². The van der Waals surface area contributed by atoms with Gasteiger partial charge in [-0.3, -0.25) is 0 Å². The van der Waals surface area contributed by atoms with E-state index in [0.717, 1.165) is 41.4 Å². The number of nitrogens with one attached hydrogen (secondary N) is 2. The zero-order valence-corrected chi connectivity index (χ0v) is 16.9. The SMILES string of the molecule is CNc1cc(C)nc(N[C@H]2CC(C)(C)Cc3nc(C(C)(C)C)ncc32)n1. The first-order chi connectivity index (χ1) is 12.1.